The Morgan fingerprint density at radius 3 is 2.64 bits per heavy atom. The molecule has 2 heterocycles. The summed E-state index contributed by atoms with van der Waals surface area (Å²) in [5, 5.41) is 11.6. The summed E-state index contributed by atoms with van der Waals surface area (Å²) in [5.74, 6) is 1.01. The molecule has 1 aromatic heterocycles. The van der Waals surface area contributed by atoms with Crippen LogP contribution >= 0.6 is 11.8 Å². The molecular weight excluding hydrogens is 438 g/mol. The summed E-state index contributed by atoms with van der Waals surface area (Å²) in [5.41, 5.74) is 3.54. The highest BCUT2D eigenvalue weighted by molar-refractivity contribution is 8.18. The summed E-state index contributed by atoms with van der Waals surface area (Å²) in [6.07, 6.45) is 2.58. The highest BCUT2D eigenvalue weighted by atomic mass is 32.2. The third kappa shape index (κ3) is 4.61. The highest BCUT2D eigenvalue weighted by Gasteiger charge is 2.32. The number of rotatable bonds is 6. The second-order valence-corrected chi connectivity index (χ2v) is 8.50. The maximum atomic E-state index is 13.0. The van der Waals surface area contributed by atoms with Gasteiger partial charge in [-0.2, -0.15) is 0 Å². The van der Waals surface area contributed by atoms with Crippen molar-refractivity contribution in [2.75, 3.05) is 6.54 Å². The highest BCUT2D eigenvalue weighted by Crippen LogP contribution is 2.36. The summed E-state index contributed by atoms with van der Waals surface area (Å²) in [6.45, 7) is 6.32. The SMILES string of the molecule is CCc1ccccc1N=C1S/C(=C/c2ccc(-c3ccc([N+](=O)[O-])cc3C)o2)C(=O)N1CC. The third-order valence-corrected chi connectivity index (χ3v) is 6.39. The van der Waals surface area contributed by atoms with E-state index in [9.17, 15) is 14.9 Å². The maximum absolute atomic E-state index is 13.0. The number of furan rings is 1. The topological polar surface area (TPSA) is 89.0 Å². The number of aliphatic imine (C=N–C) groups is 1. The first kappa shape index (κ1) is 22.5. The van der Waals surface area contributed by atoms with Crippen molar-refractivity contribution in [2.45, 2.75) is 27.2 Å². The van der Waals surface area contributed by atoms with Crippen LogP contribution in [0.15, 0.2) is 68.9 Å². The quantitative estimate of drug-likeness (QED) is 0.242. The van der Waals surface area contributed by atoms with E-state index >= 15 is 0 Å². The molecule has 0 bridgehead atoms. The predicted molar refractivity (Wildman–Crippen MR) is 131 cm³/mol. The van der Waals surface area contributed by atoms with Crippen molar-refractivity contribution in [3.63, 3.8) is 0 Å². The lowest BCUT2D eigenvalue weighted by Gasteiger charge is -2.12. The van der Waals surface area contributed by atoms with Gasteiger partial charge in [0.15, 0.2) is 5.17 Å². The Morgan fingerprint density at radius 1 is 1.15 bits per heavy atom. The van der Waals surface area contributed by atoms with Crippen LogP contribution in [0, 0.1) is 17.0 Å². The molecule has 1 aliphatic rings. The number of nitro benzene ring substituents is 1. The van der Waals surface area contributed by atoms with Crippen molar-refractivity contribution in [2.24, 2.45) is 4.99 Å². The molecule has 0 spiro atoms. The summed E-state index contributed by atoms with van der Waals surface area (Å²) in [6, 6.07) is 16.2. The van der Waals surface area contributed by atoms with Gasteiger partial charge >= 0.3 is 0 Å². The van der Waals surface area contributed by atoms with E-state index < -0.39 is 4.92 Å². The predicted octanol–water partition coefficient (Wildman–Crippen LogP) is 6.35. The number of amides is 1. The van der Waals surface area contributed by atoms with Gasteiger partial charge in [0.1, 0.15) is 11.5 Å². The van der Waals surface area contributed by atoms with Gasteiger partial charge in [-0.15, -0.1) is 0 Å². The van der Waals surface area contributed by atoms with Crippen molar-refractivity contribution in [1.82, 2.24) is 4.90 Å². The van der Waals surface area contributed by atoms with Gasteiger partial charge < -0.3 is 4.42 Å². The van der Waals surface area contributed by atoms with Crippen LogP contribution < -0.4 is 0 Å². The van der Waals surface area contributed by atoms with Crippen molar-refractivity contribution in [1.29, 1.82) is 0 Å². The minimum atomic E-state index is -0.421. The molecular formula is C25H23N3O4S. The summed E-state index contributed by atoms with van der Waals surface area (Å²) in [7, 11) is 0. The van der Waals surface area contributed by atoms with Gasteiger partial charge in [-0.1, -0.05) is 25.1 Å². The number of hydrogen-bond acceptors (Lipinski definition) is 6. The van der Waals surface area contributed by atoms with Crippen molar-refractivity contribution < 1.29 is 14.1 Å². The van der Waals surface area contributed by atoms with E-state index in [2.05, 4.69) is 6.92 Å². The number of hydrogen-bond donors (Lipinski definition) is 0. The van der Waals surface area contributed by atoms with E-state index in [1.54, 1.807) is 36.1 Å². The number of nitrogens with zero attached hydrogens (tertiary/aromatic N) is 3. The Labute approximate surface area is 196 Å². The second kappa shape index (κ2) is 9.46. The zero-order chi connectivity index (χ0) is 23.5. The molecule has 0 unspecified atom stereocenters. The number of nitro groups is 1. The number of likely N-dealkylation sites (N-methyl/N-ethyl adjacent to an activating group) is 1. The smallest absolute Gasteiger partial charge is 0.269 e. The molecule has 0 radical (unpaired) electrons. The molecule has 0 N–H and O–H groups in total. The Bertz CT molecular complexity index is 1290. The van der Waals surface area contributed by atoms with Crippen LogP contribution in [0.4, 0.5) is 11.4 Å². The standard InChI is InChI=1S/C25H23N3O4S/c1-4-17-8-6-7-9-21(17)26-25-27(5-2)24(29)23(33-25)15-19-11-13-22(32-19)20-12-10-18(28(30)31)14-16(20)3/h6-15H,4-5H2,1-3H3/b23-15+,26-25?. The number of carbonyl (C=O) groups excluding carboxylic acids is 1. The Kier molecular flexibility index (Phi) is 6.46. The van der Waals surface area contributed by atoms with E-state index in [1.807, 2.05) is 31.2 Å². The van der Waals surface area contributed by atoms with E-state index in [1.165, 1.54) is 23.9 Å². The zero-order valence-corrected chi connectivity index (χ0v) is 19.4. The molecule has 0 aliphatic carbocycles. The van der Waals surface area contributed by atoms with E-state index in [0.29, 0.717) is 28.1 Å². The molecule has 1 fully saturated rings. The Balaban J connectivity index is 1.63. The Morgan fingerprint density at radius 2 is 1.94 bits per heavy atom. The van der Waals surface area contributed by atoms with Crippen molar-refractivity contribution in [3.05, 3.63) is 86.5 Å². The lowest BCUT2D eigenvalue weighted by atomic mass is 10.1. The summed E-state index contributed by atoms with van der Waals surface area (Å²) in [4.78, 5) is 30.5. The van der Waals surface area contributed by atoms with Crippen LogP contribution in [-0.4, -0.2) is 27.4 Å². The molecule has 2 aromatic carbocycles. The van der Waals surface area contributed by atoms with Gasteiger partial charge in [0.2, 0.25) is 0 Å². The molecule has 1 saturated heterocycles. The van der Waals surface area contributed by atoms with Crippen LogP contribution in [0.5, 0.6) is 0 Å². The molecule has 33 heavy (non-hydrogen) atoms. The number of thioether (sulfide) groups is 1. The normalized spacial score (nSPS) is 16.2. The van der Waals surface area contributed by atoms with Gasteiger partial charge in [-0.05, 0) is 67.4 Å². The lowest BCUT2D eigenvalue weighted by molar-refractivity contribution is -0.384. The minimum absolute atomic E-state index is 0.0363. The summed E-state index contributed by atoms with van der Waals surface area (Å²) < 4.78 is 5.95. The number of amidine groups is 1. The fourth-order valence-corrected chi connectivity index (χ4v) is 4.67. The summed E-state index contributed by atoms with van der Waals surface area (Å²) >= 11 is 1.33. The van der Waals surface area contributed by atoms with Gasteiger partial charge in [-0.3, -0.25) is 19.8 Å². The van der Waals surface area contributed by atoms with Crippen LogP contribution in [0.2, 0.25) is 0 Å². The van der Waals surface area contributed by atoms with Crippen molar-refractivity contribution in [3.8, 4) is 11.3 Å². The number of carbonyl (C=O) groups is 1. The molecule has 0 atom stereocenters. The number of non-ortho nitro benzene ring substituents is 1. The van der Waals surface area contributed by atoms with Crippen LogP contribution in [0.3, 0.4) is 0 Å². The average molecular weight is 462 g/mol. The third-order valence-electron chi connectivity index (χ3n) is 5.38. The lowest BCUT2D eigenvalue weighted by Crippen LogP contribution is -2.28. The first-order chi connectivity index (χ1) is 15.9. The average Bonchev–Trinajstić information content (AvgIpc) is 3.38. The zero-order valence-electron chi connectivity index (χ0n) is 18.6. The number of aryl methyl sites for hydroxylation is 2. The molecule has 0 saturated carbocycles. The van der Waals surface area contributed by atoms with Gasteiger partial charge in [-0.25, -0.2) is 4.99 Å². The first-order valence-corrected chi connectivity index (χ1v) is 11.5. The second-order valence-electron chi connectivity index (χ2n) is 7.50. The monoisotopic (exact) mass is 461 g/mol. The molecule has 4 rings (SSSR count). The number of para-hydroxylation sites is 1. The molecule has 3 aromatic rings. The van der Waals surface area contributed by atoms with Crippen LogP contribution in [-0.2, 0) is 11.2 Å². The molecule has 1 aliphatic heterocycles. The van der Waals surface area contributed by atoms with Crippen LogP contribution in [0.25, 0.3) is 17.4 Å². The first-order valence-electron chi connectivity index (χ1n) is 10.6. The molecule has 168 valence electrons. The Hall–Kier alpha value is -3.65. The fraction of sp³-hybridized carbons (Fsp3) is 0.200. The van der Waals surface area contributed by atoms with E-state index in [4.69, 9.17) is 9.41 Å². The van der Waals surface area contributed by atoms with Gasteiger partial charge in [0.05, 0.1) is 15.5 Å². The van der Waals surface area contributed by atoms with E-state index in [-0.39, 0.29) is 11.6 Å². The number of benzene rings is 2. The van der Waals surface area contributed by atoms with Gasteiger partial charge in [0.25, 0.3) is 11.6 Å². The van der Waals surface area contributed by atoms with E-state index in [0.717, 1.165) is 28.8 Å². The van der Waals surface area contributed by atoms with Crippen molar-refractivity contribution >= 4 is 40.3 Å². The maximum Gasteiger partial charge on any atom is 0.269 e. The van der Waals surface area contributed by atoms with Gasteiger partial charge in [0, 0.05) is 30.3 Å². The van der Waals surface area contributed by atoms with Crippen LogP contribution in [0.1, 0.15) is 30.7 Å². The molecule has 1 amide bonds. The minimum Gasteiger partial charge on any atom is -0.457 e. The molecule has 8 heteroatoms. The molecule has 7 nitrogen and oxygen atoms in total. The largest absolute Gasteiger partial charge is 0.457 e. The fourth-order valence-electron chi connectivity index (χ4n) is 3.63.